The highest BCUT2D eigenvalue weighted by Crippen LogP contribution is 2.42. The summed E-state index contributed by atoms with van der Waals surface area (Å²) in [6.07, 6.45) is 13.5. The topological polar surface area (TPSA) is 22.1 Å². The molecule has 1 aromatic heterocycles. The van der Waals surface area contributed by atoms with E-state index in [9.17, 15) is 0 Å². The van der Waals surface area contributed by atoms with Gasteiger partial charge in [-0.2, -0.15) is 0 Å². The quantitative estimate of drug-likeness (QED) is 0.332. The van der Waals surface area contributed by atoms with Crippen molar-refractivity contribution in [1.82, 2.24) is 4.98 Å². The van der Waals surface area contributed by atoms with Gasteiger partial charge in [-0.15, -0.1) is 0 Å². The van der Waals surface area contributed by atoms with E-state index >= 15 is 0 Å². The monoisotopic (exact) mass is 485 g/mol. The fourth-order valence-corrected chi connectivity index (χ4v) is 5.85. The van der Waals surface area contributed by atoms with Crippen LogP contribution in [-0.2, 0) is 6.42 Å². The van der Waals surface area contributed by atoms with Crippen molar-refractivity contribution in [2.24, 2.45) is 11.8 Å². The highest BCUT2D eigenvalue weighted by atomic mass is 35.5. The first-order chi connectivity index (χ1) is 16.9. The molecule has 3 aromatic rings. The van der Waals surface area contributed by atoms with Crippen LogP contribution >= 0.6 is 11.6 Å². The van der Waals surface area contributed by atoms with Gasteiger partial charge in [-0.1, -0.05) is 75.7 Å². The maximum absolute atomic E-state index is 6.07. The average Bonchev–Trinajstić information content (AvgIpc) is 2.88. The van der Waals surface area contributed by atoms with Gasteiger partial charge in [0.15, 0.2) is 0 Å². The molecule has 3 unspecified atom stereocenters. The first-order valence-electron chi connectivity index (χ1n) is 13.1. The van der Waals surface area contributed by atoms with Crippen molar-refractivity contribution in [3.63, 3.8) is 0 Å². The third-order valence-electron chi connectivity index (χ3n) is 8.03. The first kappa shape index (κ1) is 24.1. The molecule has 0 amide bonds. The molecule has 0 N–H and O–H groups in total. The number of hydrogen-bond donors (Lipinski definition) is 0. The van der Waals surface area contributed by atoms with E-state index in [2.05, 4.69) is 76.4 Å². The standard InChI is InChI=1S/C32H36ClNO/c1-20(2)27-14-15-30-31-28(16-17-35-30)29(19-34-32(27)31)25-7-5-6-24(18-25)22(4)9-8-21(3)23-10-12-26(33)13-11-23/h5-7,10-15,19-22,24H,8-9,16-18H2,1-4H3. The molecule has 2 nitrogen and oxygen atoms in total. The summed E-state index contributed by atoms with van der Waals surface area (Å²) < 4.78 is 6.05. The molecule has 2 aromatic carbocycles. The fourth-order valence-electron chi connectivity index (χ4n) is 5.73. The summed E-state index contributed by atoms with van der Waals surface area (Å²) in [6, 6.07) is 12.7. The lowest BCUT2D eigenvalue weighted by molar-refractivity contribution is 0.317. The van der Waals surface area contributed by atoms with E-state index in [1.54, 1.807) is 0 Å². The zero-order valence-electron chi connectivity index (χ0n) is 21.4. The molecule has 3 atom stereocenters. The number of ether oxygens (including phenoxy) is 1. The number of benzene rings is 2. The lowest BCUT2D eigenvalue weighted by Crippen LogP contribution is -2.16. The van der Waals surface area contributed by atoms with Gasteiger partial charge in [0.05, 0.1) is 12.1 Å². The summed E-state index contributed by atoms with van der Waals surface area (Å²) in [6.45, 7) is 9.96. The molecular formula is C32H36ClNO. The summed E-state index contributed by atoms with van der Waals surface area (Å²) in [5.74, 6) is 3.15. The van der Waals surface area contributed by atoms with E-state index in [4.69, 9.17) is 21.3 Å². The molecule has 0 bridgehead atoms. The fraction of sp³-hybridized carbons (Fsp3) is 0.406. The van der Waals surface area contributed by atoms with Crippen LogP contribution in [0.4, 0.5) is 0 Å². The predicted molar refractivity (Wildman–Crippen MR) is 149 cm³/mol. The number of pyridine rings is 1. The summed E-state index contributed by atoms with van der Waals surface area (Å²) >= 11 is 6.07. The lowest BCUT2D eigenvalue weighted by atomic mass is 9.78. The maximum Gasteiger partial charge on any atom is 0.129 e. The molecule has 0 fully saturated rings. The summed E-state index contributed by atoms with van der Waals surface area (Å²) in [4.78, 5) is 5.00. The highest BCUT2D eigenvalue weighted by Gasteiger charge is 2.25. The minimum atomic E-state index is 0.439. The average molecular weight is 486 g/mol. The molecule has 0 saturated carbocycles. The Morgan fingerprint density at radius 3 is 2.60 bits per heavy atom. The Kier molecular flexibility index (Phi) is 7.02. The van der Waals surface area contributed by atoms with Crippen LogP contribution in [0.25, 0.3) is 16.5 Å². The van der Waals surface area contributed by atoms with Crippen LogP contribution in [0.5, 0.6) is 5.75 Å². The molecule has 2 aliphatic rings. The van der Waals surface area contributed by atoms with Crippen LogP contribution in [0.2, 0.25) is 5.02 Å². The smallest absolute Gasteiger partial charge is 0.129 e. The normalized spacial score (nSPS) is 18.9. The van der Waals surface area contributed by atoms with Gasteiger partial charge in [-0.05, 0) is 83.4 Å². The van der Waals surface area contributed by atoms with Gasteiger partial charge in [-0.3, -0.25) is 4.98 Å². The molecule has 3 heteroatoms. The van der Waals surface area contributed by atoms with Gasteiger partial charge in [0.25, 0.3) is 0 Å². The number of allylic oxidation sites excluding steroid dienone is 4. The van der Waals surface area contributed by atoms with Crippen molar-refractivity contribution in [3.05, 3.63) is 88.1 Å². The molecule has 5 rings (SSSR count). The second-order valence-corrected chi connectivity index (χ2v) is 11.2. The Hall–Kier alpha value is -2.58. The minimum Gasteiger partial charge on any atom is -0.493 e. The Balaban J connectivity index is 1.34. The van der Waals surface area contributed by atoms with Crippen molar-refractivity contribution in [3.8, 4) is 5.75 Å². The van der Waals surface area contributed by atoms with Gasteiger partial charge < -0.3 is 4.74 Å². The van der Waals surface area contributed by atoms with Crippen molar-refractivity contribution in [2.45, 2.75) is 65.2 Å². The predicted octanol–water partition coefficient (Wildman–Crippen LogP) is 9.13. The molecule has 0 saturated heterocycles. The Morgan fingerprint density at radius 1 is 1.03 bits per heavy atom. The first-order valence-corrected chi connectivity index (χ1v) is 13.5. The lowest BCUT2D eigenvalue weighted by Gasteiger charge is -2.28. The van der Waals surface area contributed by atoms with E-state index < -0.39 is 0 Å². The zero-order valence-corrected chi connectivity index (χ0v) is 22.1. The third-order valence-corrected chi connectivity index (χ3v) is 8.29. The van der Waals surface area contributed by atoms with E-state index in [0.717, 1.165) is 35.7 Å². The van der Waals surface area contributed by atoms with E-state index in [1.807, 2.05) is 12.1 Å². The molecule has 35 heavy (non-hydrogen) atoms. The van der Waals surface area contributed by atoms with Crippen molar-refractivity contribution >= 4 is 28.1 Å². The zero-order chi connectivity index (χ0) is 24.5. The number of aromatic nitrogens is 1. The molecule has 1 aliphatic carbocycles. The van der Waals surface area contributed by atoms with Crippen molar-refractivity contribution in [2.75, 3.05) is 6.61 Å². The van der Waals surface area contributed by atoms with Gasteiger partial charge in [0.2, 0.25) is 0 Å². The van der Waals surface area contributed by atoms with Crippen LogP contribution in [-0.4, -0.2) is 11.6 Å². The number of hydrogen-bond acceptors (Lipinski definition) is 2. The highest BCUT2D eigenvalue weighted by molar-refractivity contribution is 6.30. The summed E-state index contributed by atoms with van der Waals surface area (Å²) in [5, 5.41) is 2.04. The van der Waals surface area contributed by atoms with Crippen LogP contribution in [0.1, 0.15) is 81.0 Å². The Morgan fingerprint density at radius 2 is 1.83 bits per heavy atom. The molecule has 2 heterocycles. The van der Waals surface area contributed by atoms with Crippen molar-refractivity contribution < 1.29 is 4.74 Å². The molecule has 0 radical (unpaired) electrons. The second-order valence-electron chi connectivity index (χ2n) is 10.7. The van der Waals surface area contributed by atoms with Gasteiger partial charge in [0, 0.05) is 28.6 Å². The van der Waals surface area contributed by atoms with Crippen LogP contribution in [0, 0.1) is 11.8 Å². The molecule has 182 valence electrons. The largest absolute Gasteiger partial charge is 0.493 e. The van der Waals surface area contributed by atoms with Crippen molar-refractivity contribution in [1.29, 1.82) is 0 Å². The van der Waals surface area contributed by atoms with E-state index in [0.29, 0.717) is 23.7 Å². The van der Waals surface area contributed by atoms with Crippen LogP contribution < -0.4 is 4.74 Å². The number of halogens is 1. The molecule has 1 aliphatic heterocycles. The van der Waals surface area contributed by atoms with E-state index in [-0.39, 0.29) is 0 Å². The van der Waals surface area contributed by atoms with Crippen LogP contribution in [0.3, 0.4) is 0 Å². The van der Waals surface area contributed by atoms with Gasteiger partial charge in [-0.25, -0.2) is 0 Å². The summed E-state index contributed by atoms with van der Waals surface area (Å²) in [7, 11) is 0. The SMILES string of the molecule is CC(C)c1ccc2c3c(c(C4=CC=CC(C(C)CCC(C)c5ccc(Cl)cc5)C4)cnc13)CCO2. The molecular weight excluding hydrogens is 450 g/mol. The van der Waals surface area contributed by atoms with Crippen LogP contribution in [0.15, 0.2) is 60.8 Å². The Labute approximate surface area is 215 Å². The third kappa shape index (κ3) is 4.91. The van der Waals surface area contributed by atoms with Gasteiger partial charge in [0.1, 0.15) is 5.75 Å². The summed E-state index contributed by atoms with van der Waals surface area (Å²) in [5.41, 5.74) is 7.95. The minimum absolute atomic E-state index is 0.439. The molecule has 0 spiro atoms. The maximum atomic E-state index is 6.07. The Bertz CT molecular complexity index is 1270. The van der Waals surface area contributed by atoms with E-state index in [1.165, 1.54) is 46.1 Å². The number of nitrogens with zero attached hydrogens (tertiary/aromatic N) is 1. The number of rotatable bonds is 7. The second kappa shape index (κ2) is 10.2. The van der Waals surface area contributed by atoms with Gasteiger partial charge >= 0.3 is 0 Å².